The van der Waals surface area contributed by atoms with Gasteiger partial charge in [-0.2, -0.15) is 0 Å². The van der Waals surface area contributed by atoms with Gasteiger partial charge in [0.25, 0.3) is 0 Å². The van der Waals surface area contributed by atoms with Crippen LogP contribution in [-0.2, 0) is 0 Å². The molecule has 0 radical (unpaired) electrons. The molecule has 0 unspecified atom stereocenters. The highest BCUT2D eigenvalue weighted by Crippen LogP contribution is 2.16. The van der Waals surface area contributed by atoms with Crippen LogP contribution < -0.4 is 9.47 Å². The van der Waals surface area contributed by atoms with Gasteiger partial charge in [0, 0.05) is 35.5 Å². The van der Waals surface area contributed by atoms with E-state index in [0.717, 1.165) is 28.6 Å². The molecule has 0 bridgehead atoms. The molecular weight excluding hydrogens is 386 g/mol. The zero-order valence-electron chi connectivity index (χ0n) is 20.2. The zero-order chi connectivity index (χ0) is 23.2. The molecule has 0 N–H and O–H groups in total. The van der Waals surface area contributed by atoms with E-state index in [2.05, 4.69) is 56.5 Å². The molecule has 31 heavy (non-hydrogen) atoms. The number of pyridine rings is 3. The van der Waals surface area contributed by atoms with Gasteiger partial charge < -0.3 is 9.47 Å². The summed E-state index contributed by atoms with van der Waals surface area (Å²) in [5.41, 5.74) is 3.34. The van der Waals surface area contributed by atoms with Crippen LogP contribution >= 0.6 is 0 Å². The van der Waals surface area contributed by atoms with E-state index in [9.17, 15) is 0 Å². The van der Waals surface area contributed by atoms with Crippen molar-refractivity contribution < 1.29 is 9.47 Å². The number of nitrogens with zero attached hydrogens (tertiary/aromatic N) is 3. The third kappa shape index (κ3) is 10.1. The molecule has 3 aromatic heterocycles. The molecule has 5 heteroatoms. The summed E-state index contributed by atoms with van der Waals surface area (Å²) in [6.45, 7) is 12.7. The van der Waals surface area contributed by atoms with Gasteiger partial charge in [-0.1, -0.05) is 47.6 Å². The largest absolute Gasteiger partial charge is 0.497 e. The van der Waals surface area contributed by atoms with Crippen molar-refractivity contribution in [2.75, 3.05) is 14.2 Å². The highest BCUT2D eigenvalue weighted by atomic mass is 16.5. The van der Waals surface area contributed by atoms with Crippen molar-refractivity contribution in [1.29, 1.82) is 0 Å². The summed E-state index contributed by atoms with van der Waals surface area (Å²) in [7, 11) is 3.31. The molecule has 0 atom stereocenters. The number of ether oxygens (including phenoxy) is 2. The second-order valence-electron chi connectivity index (χ2n) is 7.96. The molecule has 0 amide bonds. The molecule has 3 aromatic rings. The Morgan fingerprint density at radius 3 is 1.58 bits per heavy atom. The Morgan fingerprint density at radius 1 is 0.581 bits per heavy atom. The summed E-state index contributed by atoms with van der Waals surface area (Å²) >= 11 is 0. The van der Waals surface area contributed by atoms with Gasteiger partial charge in [0.2, 0.25) is 0 Å². The Hall–Kier alpha value is -2.95. The summed E-state index contributed by atoms with van der Waals surface area (Å²) in [5, 5.41) is 0. The number of rotatable bonds is 5. The molecule has 168 valence electrons. The third-order valence-electron chi connectivity index (χ3n) is 4.45. The van der Waals surface area contributed by atoms with E-state index in [1.165, 1.54) is 0 Å². The first-order chi connectivity index (χ1) is 14.8. The standard InChI is InChI=1S/2C9H13NO.C8H11N/c1-7(2)9-6-8(11-3)4-5-10-9;1-7(2)9-5-4-8(11-3)6-10-9;1-7(2)8-5-3-4-6-9-8/h2*4-7H,1-3H3;3-7H,1-2H3. The van der Waals surface area contributed by atoms with Crippen molar-refractivity contribution in [3.8, 4) is 11.5 Å². The van der Waals surface area contributed by atoms with Crippen LogP contribution in [0.3, 0.4) is 0 Å². The van der Waals surface area contributed by atoms with E-state index < -0.39 is 0 Å². The maximum Gasteiger partial charge on any atom is 0.137 e. The minimum Gasteiger partial charge on any atom is -0.497 e. The van der Waals surface area contributed by atoms with Crippen LogP contribution in [0.5, 0.6) is 11.5 Å². The second kappa shape index (κ2) is 14.1. The van der Waals surface area contributed by atoms with E-state index in [-0.39, 0.29) is 0 Å². The monoisotopic (exact) mass is 423 g/mol. The van der Waals surface area contributed by atoms with E-state index >= 15 is 0 Å². The number of hydrogen-bond donors (Lipinski definition) is 0. The first-order valence-corrected chi connectivity index (χ1v) is 10.7. The van der Waals surface area contributed by atoms with Gasteiger partial charge in [0.1, 0.15) is 11.5 Å². The Labute approximate surface area is 187 Å². The minimum absolute atomic E-state index is 0.463. The topological polar surface area (TPSA) is 57.1 Å². The number of methoxy groups -OCH3 is 2. The molecular formula is C26H37N3O2. The second-order valence-corrected chi connectivity index (χ2v) is 7.96. The molecule has 0 aliphatic carbocycles. The number of aromatic nitrogens is 3. The molecule has 5 nitrogen and oxygen atoms in total. The average Bonchev–Trinajstić information content (AvgIpc) is 2.80. The summed E-state index contributed by atoms with van der Waals surface area (Å²) in [6, 6.07) is 13.7. The highest BCUT2D eigenvalue weighted by molar-refractivity contribution is 5.24. The van der Waals surface area contributed by atoms with Gasteiger partial charge >= 0.3 is 0 Å². The Bertz CT molecular complexity index is 848. The van der Waals surface area contributed by atoms with Crippen LogP contribution in [-0.4, -0.2) is 29.2 Å². The molecule has 0 aliphatic rings. The lowest BCUT2D eigenvalue weighted by atomic mass is 10.1. The summed E-state index contributed by atoms with van der Waals surface area (Å²) in [4.78, 5) is 12.6. The minimum atomic E-state index is 0.463. The van der Waals surface area contributed by atoms with Gasteiger partial charge in [0.15, 0.2) is 0 Å². The lowest BCUT2D eigenvalue weighted by molar-refractivity contribution is 0.412. The van der Waals surface area contributed by atoms with E-state index in [1.807, 2.05) is 48.7 Å². The van der Waals surface area contributed by atoms with Crippen LogP contribution in [0, 0.1) is 0 Å². The third-order valence-corrected chi connectivity index (χ3v) is 4.45. The average molecular weight is 424 g/mol. The van der Waals surface area contributed by atoms with Crippen LogP contribution in [0.2, 0.25) is 0 Å². The van der Waals surface area contributed by atoms with Crippen molar-refractivity contribution >= 4 is 0 Å². The summed E-state index contributed by atoms with van der Waals surface area (Å²) < 4.78 is 10.1. The Kier molecular flexibility index (Phi) is 11.9. The summed E-state index contributed by atoms with van der Waals surface area (Å²) in [5.74, 6) is 3.19. The van der Waals surface area contributed by atoms with Crippen LogP contribution in [0.1, 0.15) is 76.4 Å². The molecule has 0 saturated heterocycles. The van der Waals surface area contributed by atoms with Crippen molar-refractivity contribution in [3.63, 3.8) is 0 Å². The fourth-order valence-corrected chi connectivity index (χ4v) is 2.44. The zero-order valence-corrected chi connectivity index (χ0v) is 20.2. The normalized spacial score (nSPS) is 10.2. The van der Waals surface area contributed by atoms with Gasteiger partial charge in [-0.05, 0) is 48.1 Å². The molecule has 0 aromatic carbocycles. The predicted molar refractivity (Wildman–Crippen MR) is 128 cm³/mol. The molecule has 0 fully saturated rings. The van der Waals surface area contributed by atoms with Gasteiger partial charge in [-0.3, -0.25) is 15.0 Å². The van der Waals surface area contributed by atoms with Crippen LogP contribution in [0.15, 0.2) is 61.1 Å². The molecule has 0 aliphatic heterocycles. The van der Waals surface area contributed by atoms with E-state index in [0.29, 0.717) is 17.8 Å². The maximum absolute atomic E-state index is 5.07. The SMILES string of the molecule is CC(C)c1ccccn1.COc1ccc(C(C)C)nc1.COc1ccnc(C(C)C)c1. The van der Waals surface area contributed by atoms with Gasteiger partial charge in [-0.15, -0.1) is 0 Å². The maximum atomic E-state index is 5.07. The molecule has 3 heterocycles. The fraction of sp³-hybridized carbons (Fsp3) is 0.423. The van der Waals surface area contributed by atoms with E-state index in [4.69, 9.17) is 9.47 Å². The van der Waals surface area contributed by atoms with Crippen molar-refractivity contribution in [3.05, 3.63) is 78.1 Å². The lowest BCUT2D eigenvalue weighted by Gasteiger charge is -2.05. The smallest absolute Gasteiger partial charge is 0.137 e. The molecule has 0 saturated carbocycles. The van der Waals surface area contributed by atoms with Crippen molar-refractivity contribution in [2.45, 2.75) is 59.3 Å². The van der Waals surface area contributed by atoms with Crippen LogP contribution in [0.25, 0.3) is 0 Å². The Morgan fingerprint density at radius 2 is 1.16 bits per heavy atom. The first-order valence-electron chi connectivity index (χ1n) is 10.7. The lowest BCUT2D eigenvalue weighted by Crippen LogP contribution is -1.92. The highest BCUT2D eigenvalue weighted by Gasteiger charge is 2.01. The predicted octanol–water partition coefficient (Wildman–Crippen LogP) is 6.63. The van der Waals surface area contributed by atoms with Gasteiger partial charge in [0.05, 0.1) is 20.4 Å². The van der Waals surface area contributed by atoms with Crippen molar-refractivity contribution in [2.24, 2.45) is 0 Å². The Balaban J connectivity index is 0.000000234. The van der Waals surface area contributed by atoms with Gasteiger partial charge in [-0.25, -0.2) is 0 Å². The first kappa shape index (κ1) is 26.1. The quantitative estimate of drug-likeness (QED) is 0.461. The van der Waals surface area contributed by atoms with Crippen LogP contribution in [0.4, 0.5) is 0 Å². The molecule has 3 rings (SSSR count). The summed E-state index contributed by atoms with van der Waals surface area (Å²) in [6.07, 6.45) is 5.35. The van der Waals surface area contributed by atoms with Crippen molar-refractivity contribution in [1.82, 2.24) is 15.0 Å². The number of hydrogen-bond acceptors (Lipinski definition) is 5. The fourth-order valence-electron chi connectivity index (χ4n) is 2.44. The van der Waals surface area contributed by atoms with E-state index in [1.54, 1.807) is 26.6 Å². The molecule has 0 spiro atoms.